The standard InChI is InChI=1S/C31H52N4O16/c1-11-19(32-16-3-12(7-36)20(39)25(44)21(16)40)24(43)28(47)31(49-11)51-30-14(9-38)5-18(23(42)27(30)46)50-29-13(8-37)4-17(22(41)26(29)45)48-10-15-6-35(2)34-33-15/h3,6,11,13-14,16-32,36-47H,4-5,7-10H2,1-2H3/t11-,13-,14-,16+,17-,18+,19-,20-,21?,22+,23+,24+,25+,26?,27-,28-,29-,30-,31-/m1/s1. The van der Waals surface area contributed by atoms with Gasteiger partial charge in [0.25, 0.3) is 0 Å². The quantitative estimate of drug-likeness (QED) is 0.0887. The highest BCUT2D eigenvalue weighted by molar-refractivity contribution is 5.22. The number of aryl methyl sites for hydroxylation is 1. The molecule has 3 fully saturated rings. The Morgan fingerprint density at radius 2 is 1.39 bits per heavy atom. The van der Waals surface area contributed by atoms with Crippen molar-refractivity contribution in [2.45, 2.75) is 130 Å². The van der Waals surface area contributed by atoms with Gasteiger partial charge in [-0.05, 0) is 25.3 Å². The van der Waals surface area contributed by atoms with Gasteiger partial charge in [-0.3, -0.25) is 4.68 Å². The van der Waals surface area contributed by atoms with Crippen molar-refractivity contribution < 1.29 is 80.2 Å². The molecule has 0 aromatic carbocycles. The van der Waals surface area contributed by atoms with E-state index in [4.69, 9.17) is 18.9 Å². The number of aromatic nitrogens is 3. The summed E-state index contributed by atoms with van der Waals surface area (Å²) in [6, 6.07) is -2.11. The summed E-state index contributed by atoms with van der Waals surface area (Å²) >= 11 is 0. The van der Waals surface area contributed by atoms with Gasteiger partial charge < -0.3 is 85.5 Å². The van der Waals surface area contributed by atoms with Crippen LogP contribution in [0.1, 0.15) is 25.5 Å². The van der Waals surface area contributed by atoms with Gasteiger partial charge in [0.15, 0.2) is 6.29 Å². The largest absolute Gasteiger partial charge is 0.396 e. The summed E-state index contributed by atoms with van der Waals surface area (Å²) < 4.78 is 25.0. The lowest BCUT2D eigenvalue weighted by atomic mass is 9.78. The second kappa shape index (κ2) is 17.1. The highest BCUT2D eigenvalue weighted by Crippen LogP contribution is 2.37. The fourth-order valence-corrected chi connectivity index (χ4v) is 7.52. The van der Waals surface area contributed by atoms with Crippen LogP contribution in [0.4, 0.5) is 0 Å². The Balaban J connectivity index is 1.20. The second-order valence-electron chi connectivity index (χ2n) is 14.0. The maximum atomic E-state index is 11.2. The van der Waals surface area contributed by atoms with E-state index in [1.165, 1.54) is 17.7 Å². The molecule has 2 unspecified atom stereocenters. The van der Waals surface area contributed by atoms with Crippen molar-refractivity contribution in [3.05, 3.63) is 23.5 Å². The molecule has 13 N–H and O–H groups in total. The highest BCUT2D eigenvalue weighted by Gasteiger charge is 2.53. The molecule has 20 heteroatoms. The zero-order valence-corrected chi connectivity index (χ0v) is 28.2. The van der Waals surface area contributed by atoms with E-state index in [1.807, 2.05) is 0 Å². The van der Waals surface area contributed by atoms with Crippen molar-refractivity contribution in [1.29, 1.82) is 0 Å². The van der Waals surface area contributed by atoms with E-state index in [9.17, 15) is 61.3 Å². The van der Waals surface area contributed by atoms with E-state index in [-0.39, 0.29) is 25.0 Å². The van der Waals surface area contributed by atoms with Crippen molar-refractivity contribution in [2.75, 3.05) is 19.8 Å². The van der Waals surface area contributed by atoms with Crippen LogP contribution >= 0.6 is 0 Å². The first-order valence-electron chi connectivity index (χ1n) is 17.1. The molecule has 3 aliphatic carbocycles. The van der Waals surface area contributed by atoms with Crippen LogP contribution in [0.15, 0.2) is 17.8 Å². The summed E-state index contributed by atoms with van der Waals surface area (Å²) in [5.41, 5.74) is 0.536. The number of aliphatic hydroxyl groups is 12. The maximum Gasteiger partial charge on any atom is 0.186 e. The zero-order chi connectivity index (χ0) is 37.3. The smallest absolute Gasteiger partial charge is 0.186 e. The fourth-order valence-electron chi connectivity index (χ4n) is 7.52. The predicted molar refractivity (Wildman–Crippen MR) is 168 cm³/mol. The van der Waals surface area contributed by atoms with Gasteiger partial charge >= 0.3 is 0 Å². The molecule has 19 atom stereocenters. The molecule has 0 spiro atoms. The molecule has 1 saturated heterocycles. The molecule has 1 aliphatic heterocycles. The number of rotatable bonds is 12. The van der Waals surface area contributed by atoms with Crippen LogP contribution < -0.4 is 5.32 Å². The molecule has 1 aromatic heterocycles. The van der Waals surface area contributed by atoms with Gasteiger partial charge in [-0.25, -0.2) is 0 Å². The van der Waals surface area contributed by atoms with Gasteiger partial charge in [0.2, 0.25) is 0 Å². The lowest BCUT2D eigenvalue weighted by molar-refractivity contribution is -0.316. The molecule has 0 amide bonds. The van der Waals surface area contributed by atoms with E-state index in [0.717, 1.165) is 0 Å². The van der Waals surface area contributed by atoms with E-state index in [1.54, 1.807) is 13.2 Å². The molecular formula is C31H52N4O16. The molecule has 4 aliphatic rings. The maximum absolute atomic E-state index is 11.2. The van der Waals surface area contributed by atoms with Crippen LogP contribution in [-0.2, 0) is 32.6 Å². The third kappa shape index (κ3) is 8.47. The van der Waals surface area contributed by atoms with Crippen molar-refractivity contribution in [3.63, 3.8) is 0 Å². The van der Waals surface area contributed by atoms with Gasteiger partial charge in [0, 0.05) is 32.1 Å². The van der Waals surface area contributed by atoms with Crippen LogP contribution in [0.25, 0.3) is 0 Å². The van der Waals surface area contributed by atoms with Gasteiger partial charge in [-0.1, -0.05) is 11.3 Å². The number of nitrogens with one attached hydrogen (secondary N) is 1. The van der Waals surface area contributed by atoms with Crippen molar-refractivity contribution in [1.82, 2.24) is 20.3 Å². The first-order valence-corrected chi connectivity index (χ1v) is 17.1. The average Bonchev–Trinajstić information content (AvgIpc) is 3.54. The topological polar surface area (TPSA) is 322 Å². The van der Waals surface area contributed by atoms with Crippen LogP contribution in [0, 0.1) is 11.8 Å². The summed E-state index contributed by atoms with van der Waals surface area (Å²) in [5, 5.41) is 137. The zero-order valence-electron chi connectivity index (χ0n) is 28.2. The van der Waals surface area contributed by atoms with Gasteiger partial charge in [-0.15, -0.1) is 5.10 Å². The van der Waals surface area contributed by atoms with E-state index >= 15 is 0 Å². The Hall–Kier alpha value is -1.80. The van der Waals surface area contributed by atoms with Crippen LogP contribution in [-0.4, -0.2) is 200 Å². The van der Waals surface area contributed by atoms with E-state index in [0.29, 0.717) is 5.69 Å². The Morgan fingerprint density at radius 1 is 0.784 bits per heavy atom. The monoisotopic (exact) mass is 736 g/mol. The summed E-state index contributed by atoms with van der Waals surface area (Å²) in [5.74, 6) is -1.66. The normalized spacial score (nSPS) is 46.5. The molecule has 2 saturated carbocycles. The number of hydrogen-bond acceptors (Lipinski definition) is 19. The number of hydrogen-bond donors (Lipinski definition) is 13. The molecule has 20 nitrogen and oxygen atoms in total. The fraction of sp³-hybridized carbons (Fsp3) is 0.871. The Bertz CT molecular complexity index is 1290. The molecule has 5 rings (SSSR count). The SMILES string of the molecule is C[C@H]1O[C@H](O[C@@H]2[C@@H](CO)C[C@H](O[C@H]3C(O)[C@@H](O)[C@H](OCc4cn(C)nn4)C[C@@H]3CO)[C@H](O)[C@H]2O)[C@H](O)[C@@H](O)[C@@H]1N[C@H]1C=C(CO)[C@@H](O)[C@H](O)C1O. The Morgan fingerprint density at radius 3 is 1.98 bits per heavy atom. The Labute approximate surface area is 293 Å². The van der Waals surface area contributed by atoms with Gasteiger partial charge in [0.05, 0.1) is 62.0 Å². The third-order valence-corrected chi connectivity index (χ3v) is 10.6. The molecule has 0 radical (unpaired) electrons. The summed E-state index contributed by atoms with van der Waals surface area (Å²) in [4.78, 5) is 0. The molecule has 51 heavy (non-hydrogen) atoms. The van der Waals surface area contributed by atoms with Crippen molar-refractivity contribution in [3.8, 4) is 0 Å². The van der Waals surface area contributed by atoms with Crippen LogP contribution in [0.3, 0.4) is 0 Å². The van der Waals surface area contributed by atoms with Gasteiger partial charge in [0.1, 0.15) is 60.6 Å². The number of ether oxygens (including phenoxy) is 4. The average molecular weight is 737 g/mol. The Kier molecular flexibility index (Phi) is 13.6. The van der Waals surface area contributed by atoms with E-state index in [2.05, 4.69) is 15.6 Å². The lowest BCUT2D eigenvalue weighted by Gasteiger charge is -2.49. The minimum absolute atomic E-state index is 0.00691. The minimum Gasteiger partial charge on any atom is -0.396 e. The first-order chi connectivity index (χ1) is 24.2. The minimum atomic E-state index is -1.75. The number of aliphatic hydroxyl groups excluding tert-OH is 12. The number of nitrogens with zero attached hydrogens (tertiary/aromatic N) is 3. The first kappa shape index (κ1) is 40.4. The predicted octanol–water partition coefficient (Wildman–Crippen LogP) is -6.88. The summed E-state index contributed by atoms with van der Waals surface area (Å²) in [7, 11) is 1.68. The second-order valence-corrected chi connectivity index (χ2v) is 14.0. The molecule has 292 valence electrons. The molecule has 2 heterocycles. The van der Waals surface area contributed by atoms with Crippen molar-refractivity contribution in [2.24, 2.45) is 18.9 Å². The lowest BCUT2D eigenvalue weighted by Crippen LogP contribution is -2.67. The molecule has 0 bridgehead atoms. The van der Waals surface area contributed by atoms with E-state index < -0.39 is 135 Å². The summed E-state index contributed by atoms with van der Waals surface area (Å²) in [6.07, 6.45) is -18.6. The summed E-state index contributed by atoms with van der Waals surface area (Å²) in [6.45, 7) is -0.126. The van der Waals surface area contributed by atoms with Crippen LogP contribution in [0.5, 0.6) is 0 Å². The molecular weight excluding hydrogens is 684 g/mol. The molecule has 1 aromatic rings. The highest BCUT2D eigenvalue weighted by atomic mass is 16.7. The third-order valence-electron chi connectivity index (χ3n) is 10.6. The van der Waals surface area contributed by atoms with Gasteiger partial charge in [-0.2, -0.15) is 0 Å². The van der Waals surface area contributed by atoms with Crippen LogP contribution in [0.2, 0.25) is 0 Å². The van der Waals surface area contributed by atoms with Crippen molar-refractivity contribution >= 4 is 0 Å².